The second-order valence-corrected chi connectivity index (χ2v) is 10.5. The van der Waals surface area contributed by atoms with Gasteiger partial charge in [0.25, 0.3) is 0 Å². The van der Waals surface area contributed by atoms with Crippen molar-refractivity contribution >= 4 is 19.7 Å². The molecular weight excluding hydrogens is 485 g/mol. The Morgan fingerprint density at radius 2 is 1.42 bits per heavy atom. The molecule has 0 spiro atoms. The molecule has 10 heteroatoms. The summed E-state index contributed by atoms with van der Waals surface area (Å²) < 4.78 is 25.6. The van der Waals surface area contributed by atoms with Crippen LogP contribution in [-0.2, 0) is 27.9 Å². The standard InChI is InChI=1S/C26H50NO8P/c1-3-4-5-6-7-8-9-10-11-12-13-14-15-16-17-18-19-26(30)27-20-21-34-36(31,32)35-23-25(29)22-33-24(2)28/h11-12,25,29H,3-10,13-23H2,1-2H3,(H,27,30)(H,31,32)/b12-11-. The predicted molar refractivity (Wildman–Crippen MR) is 141 cm³/mol. The summed E-state index contributed by atoms with van der Waals surface area (Å²) in [4.78, 5) is 32.0. The fourth-order valence-electron chi connectivity index (χ4n) is 3.45. The second-order valence-electron chi connectivity index (χ2n) is 9.09. The van der Waals surface area contributed by atoms with Crippen molar-refractivity contribution in [3.8, 4) is 0 Å². The van der Waals surface area contributed by atoms with Crippen LogP contribution in [-0.4, -0.2) is 54.3 Å². The highest BCUT2D eigenvalue weighted by molar-refractivity contribution is 7.47. The predicted octanol–water partition coefficient (Wildman–Crippen LogP) is 5.59. The number of hydrogen-bond acceptors (Lipinski definition) is 7. The van der Waals surface area contributed by atoms with Crippen LogP contribution in [0.5, 0.6) is 0 Å². The molecule has 0 fully saturated rings. The minimum absolute atomic E-state index is 0.0773. The van der Waals surface area contributed by atoms with Crippen LogP contribution >= 0.6 is 7.82 Å². The first-order valence-corrected chi connectivity index (χ1v) is 15.1. The van der Waals surface area contributed by atoms with Crippen LogP contribution in [0.4, 0.5) is 0 Å². The first-order valence-electron chi connectivity index (χ1n) is 13.6. The van der Waals surface area contributed by atoms with E-state index in [4.69, 9.17) is 4.52 Å². The van der Waals surface area contributed by atoms with E-state index in [1.165, 1.54) is 71.1 Å². The summed E-state index contributed by atoms with van der Waals surface area (Å²) in [5.74, 6) is -0.706. The number of carbonyl (C=O) groups is 2. The number of allylic oxidation sites excluding steroid dienone is 2. The highest BCUT2D eigenvalue weighted by Crippen LogP contribution is 2.42. The fourth-order valence-corrected chi connectivity index (χ4v) is 4.21. The van der Waals surface area contributed by atoms with Gasteiger partial charge in [0, 0.05) is 19.9 Å². The van der Waals surface area contributed by atoms with Gasteiger partial charge >= 0.3 is 13.8 Å². The van der Waals surface area contributed by atoms with Gasteiger partial charge in [0.15, 0.2) is 0 Å². The van der Waals surface area contributed by atoms with E-state index in [2.05, 4.69) is 33.7 Å². The normalized spacial score (nSPS) is 14.0. The molecule has 3 N–H and O–H groups in total. The molecule has 0 aromatic heterocycles. The van der Waals surface area contributed by atoms with Gasteiger partial charge in [-0.3, -0.25) is 18.6 Å². The Hall–Kier alpha value is -1.25. The summed E-state index contributed by atoms with van der Waals surface area (Å²) in [5, 5.41) is 12.1. The maximum atomic E-state index is 11.8. The molecule has 0 radical (unpaired) electrons. The lowest BCUT2D eigenvalue weighted by Gasteiger charge is -2.15. The summed E-state index contributed by atoms with van der Waals surface area (Å²) in [5.41, 5.74) is 0. The number of rotatable bonds is 25. The number of aliphatic hydroxyl groups is 1. The first-order chi connectivity index (χ1) is 17.3. The van der Waals surface area contributed by atoms with E-state index in [1.807, 2.05) is 0 Å². The Balaban J connectivity index is 3.51. The number of nitrogens with one attached hydrogen (secondary N) is 1. The van der Waals surface area contributed by atoms with Gasteiger partial charge in [0.05, 0.1) is 13.2 Å². The molecule has 0 bridgehead atoms. The van der Waals surface area contributed by atoms with Crippen molar-refractivity contribution in [2.24, 2.45) is 0 Å². The van der Waals surface area contributed by atoms with E-state index in [9.17, 15) is 24.2 Å². The third kappa shape index (κ3) is 25.8. The molecular formula is C26H50NO8P. The van der Waals surface area contributed by atoms with Crippen LogP contribution in [0.3, 0.4) is 0 Å². The SMILES string of the molecule is CCCCCCCCC/C=C\CCCCCCCC(=O)NCCOP(=O)(O)OCC(O)COC(C)=O. The van der Waals surface area contributed by atoms with Gasteiger partial charge in [-0.15, -0.1) is 0 Å². The van der Waals surface area contributed by atoms with Crippen molar-refractivity contribution in [1.82, 2.24) is 5.32 Å². The van der Waals surface area contributed by atoms with Crippen LogP contribution < -0.4 is 5.32 Å². The van der Waals surface area contributed by atoms with Crippen LogP contribution in [0.15, 0.2) is 12.2 Å². The number of hydrogen-bond donors (Lipinski definition) is 3. The number of ether oxygens (including phenoxy) is 1. The molecule has 0 saturated carbocycles. The van der Waals surface area contributed by atoms with Gasteiger partial charge in [0.2, 0.25) is 5.91 Å². The highest BCUT2D eigenvalue weighted by atomic mass is 31.2. The topological polar surface area (TPSA) is 131 Å². The van der Waals surface area contributed by atoms with Crippen LogP contribution in [0.25, 0.3) is 0 Å². The molecule has 0 aromatic rings. The number of unbranched alkanes of at least 4 members (excludes halogenated alkanes) is 12. The molecule has 0 aromatic carbocycles. The van der Waals surface area contributed by atoms with Crippen molar-refractivity contribution in [3.63, 3.8) is 0 Å². The summed E-state index contributed by atoms with van der Waals surface area (Å²) >= 11 is 0. The zero-order valence-electron chi connectivity index (χ0n) is 22.5. The zero-order chi connectivity index (χ0) is 26.9. The quantitative estimate of drug-likeness (QED) is 0.0597. The van der Waals surface area contributed by atoms with E-state index in [-0.39, 0.29) is 25.7 Å². The summed E-state index contributed by atoms with van der Waals surface area (Å²) in [6.45, 7) is 2.43. The Morgan fingerprint density at radius 3 is 2.00 bits per heavy atom. The molecule has 36 heavy (non-hydrogen) atoms. The number of amides is 1. The molecule has 212 valence electrons. The molecule has 0 rings (SSSR count). The van der Waals surface area contributed by atoms with E-state index in [0.29, 0.717) is 6.42 Å². The number of carbonyl (C=O) groups excluding carboxylic acids is 2. The van der Waals surface area contributed by atoms with Gasteiger partial charge in [-0.05, 0) is 32.1 Å². The fraction of sp³-hybridized carbons (Fsp3) is 0.846. The molecule has 0 heterocycles. The van der Waals surface area contributed by atoms with Crippen LogP contribution in [0.2, 0.25) is 0 Å². The number of aliphatic hydroxyl groups excluding tert-OH is 1. The monoisotopic (exact) mass is 535 g/mol. The van der Waals surface area contributed by atoms with Crippen LogP contribution in [0.1, 0.15) is 110 Å². The van der Waals surface area contributed by atoms with Gasteiger partial charge < -0.3 is 20.1 Å². The minimum Gasteiger partial charge on any atom is -0.463 e. The molecule has 2 atom stereocenters. The summed E-state index contributed by atoms with van der Waals surface area (Å²) in [7, 11) is -4.37. The number of phosphoric ester groups is 1. The Kier molecular flexibility index (Phi) is 23.3. The molecule has 0 saturated heterocycles. The Bertz CT molecular complexity index is 629. The van der Waals surface area contributed by atoms with Gasteiger partial charge in [-0.1, -0.05) is 76.9 Å². The molecule has 0 aliphatic heterocycles. The largest absolute Gasteiger partial charge is 0.472 e. The molecule has 0 aliphatic rings. The Morgan fingerprint density at radius 1 is 0.861 bits per heavy atom. The van der Waals surface area contributed by atoms with Crippen LogP contribution in [0, 0.1) is 0 Å². The van der Waals surface area contributed by atoms with Crippen molar-refractivity contribution < 1.29 is 37.9 Å². The van der Waals surface area contributed by atoms with E-state index < -0.39 is 26.5 Å². The third-order valence-electron chi connectivity index (χ3n) is 5.50. The molecule has 9 nitrogen and oxygen atoms in total. The van der Waals surface area contributed by atoms with Crippen molar-refractivity contribution in [2.75, 3.05) is 26.4 Å². The maximum Gasteiger partial charge on any atom is 0.472 e. The average molecular weight is 536 g/mol. The van der Waals surface area contributed by atoms with Gasteiger partial charge in [-0.25, -0.2) is 4.57 Å². The van der Waals surface area contributed by atoms with Crippen molar-refractivity contribution in [2.45, 2.75) is 116 Å². The first kappa shape index (κ1) is 34.8. The smallest absolute Gasteiger partial charge is 0.463 e. The highest BCUT2D eigenvalue weighted by Gasteiger charge is 2.23. The lowest BCUT2D eigenvalue weighted by Crippen LogP contribution is -2.27. The second kappa shape index (κ2) is 24.1. The van der Waals surface area contributed by atoms with Gasteiger partial charge in [-0.2, -0.15) is 0 Å². The minimum atomic E-state index is -4.37. The molecule has 2 unspecified atom stereocenters. The average Bonchev–Trinajstić information content (AvgIpc) is 2.84. The summed E-state index contributed by atoms with van der Waals surface area (Å²) in [6, 6.07) is 0. The third-order valence-corrected chi connectivity index (χ3v) is 6.49. The Labute approximate surface area is 218 Å². The van der Waals surface area contributed by atoms with Gasteiger partial charge in [0.1, 0.15) is 12.7 Å². The lowest BCUT2D eigenvalue weighted by molar-refractivity contribution is -0.144. The zero-order valence-corrected chi connectivity index (χ0v) is 23.4. The molecule has 0 aliphatic carbocycles. The number of phosphoric acid groups is 1. The van der Waals surface area contributed by atoms with E-state index >= 15 is 0 Å². The maximum absolute atomic E-state index is 11.8. The lowest BCUT2D eigenvalue weighted by atomic mass is 10.1. The van der Waals surface area contributed by atoms with E-state index in [0.717, 1.165) is 25.7 Å². The summed E-state index contributed by atoms with van der Waals surface area (Å²) in [6.07, 6.45) is 20.8. The number of esters is 1. The van der Waals surface area contributed by atoms with Crippen molar-refractivity contribution in [3.05, 3.63) is 12.2 Å². The van der Waals surface area contributed by atoms with E-state index in [1.54, 1.807) is 0 Å². The van der Waals surface area contributed by atoms with Crippen molar-refractivity contribution in [1.29, 1.82) is 0 Å². The molecule has 1 amide bonds.